The Labute approximate surface area is 237 Å². The number of carbonyl (C=O) groups is 2. The smallest absolute Gasteiger partial charge is 0.412 e. The largest absolute Gasteiger partial charge is 0.438 e. The van der Waals surface area contributed by atoms with E-state index in [4.69, 9.17) is 9.47 Å². The van der Waals surface area contributed by atoms with E-state index in [1.54, 1.807) is 27.7 Å². The van der Waals surface area contributed by atoms with Crippen molar-refractivity contribution < 1.29 is 29.3 Å². The first-order valence-corrected chi connectivity index (χ1v) is 13.9. The molecule has 0 aromatic heterocycles. The maximum atomic E-state index is 13.1. The highest BCUT2D eigenvalue weighted by Crippen LogP contribution is 2.47. The summed E-state index contributed by atoms with van der Waals surface area (Å²) >= 11 is 0. The molecule has 2 fully saturated rings. The quantitative estimate of drug-likeness (QED) is 0.423. The number of cyclic esters (lactones) is 2. The van der Waals surface area contributed by atoms with Crippen LogP contribution in [-0.2, 0) is 20.3 Å². The minimum atomic E-state index is -1.66. The zero-order valence-electron chi connectivity index (χ0n) is 25.0. The van der Waals surface area contributed by atoms with Crippen LogP contribution in [0.3, 0.4) is 0 Å². The minimum Gasteiger partial charge on any atom is -0.438 e. The van der Waals surface area contributed by atoms with Crippen molar-refractivity contribution in [2.24, 2.45) is 0 Å². The summed E-state index contributed by atoms with van der Waals surface area (Å²) in [4.78, 5) is 28.7. The Morgan fingerprint density at radius 3 is 1.23 bits per heavy atom. The summed E-state index contributed by atoms with van der Waals surface area (Å²) in [5.74, 6) is 0. The average molecular weight is 553 g/mol. The van der Waals surface area contributed by atoms with Gasteiger partial charge in [-0.25, -0.2) is 9.59 Å². The second-order valence-electron chi connectivity index (χ2n) is 13.4. The molecule has 8 nitrogen and oxygen atoms in total. The summed E-state index contributed by atoms with van der Waals surface area (Å²) in [5, 5.41) is 23.4. The van der Waals surface area contributed by atoms with Crippen LogP contribution in [0.1, 0.15) is 79.4 Å². The molecular weight excluding hydrogens is 508 g/mol. The molecule has 2 N–H and O–H groups in total. The molecule has 0 bridgehead atoms. The molecule has 2 amide bonds. The molecule has 0 spiro atoms. The number of nitrogens with zero attached hydrogens (tertiary/aromatic N) is 2. The monoisotopic (exact) mass is 552 g/mol. The van der Waals surface area contributed by atoms with Gasteiger partial charge in [0.1, 0.15) is 0 Å². The zero-order valence-corrected chi connectivity index (χ0v) is 25.0. The van der Waals surface area contributed by atoms with E-state index in [0.29, 0.717) is 12.8 Å². The third kappa shape index (κ3) is 4.96. The number of amides is 2. The van der Waals surface area contributed by atoms with Crippen LogP contribution in [-0.4, -0.2) is 67.9 Å². The first-order valence-electron chi connectivity index (χ1n) is 13.9. The van der Waals surface area contributed by atoms with Crippen molar-refractivity contribution in [3.05, 3.63) is 71.8 Å². The first-order chi connectivity index (χ1) is 18.4. The third-order valence-corrected chi connectivity index (χ3v) is 9.34. The summed E-state index contributed by atoms with van der Waals surface area (Å²) in [6.45, 7) is 14.7. The lowest BCUT2D eigenvalue weighted by molar-refractivity contribution is -0.157. The van der Waals surface area contributed by atoms with E-state index in [1.807, 2.05) is 60.7 Å². The molecule has 40 heavy (non-hydrogen) atoms. The second kappa shape index (κ2) is 9.77. The molecule has 0 radical (unpaired) electrons. The number of benzene rings is 2. The van der Waals surface area contributed by atoms with E-state index in [-0.39, 0.29) is 13.1 Å². The Morgan fingerprint density at radius 1 is 0.625 bits per heavy atom. The van der Waals surface area contributed by atoms with Gasteiger partial charge in [0.25, 0.3) is 0 Å². The van der Waals surface area contributed by atoms with Crippen molar-refractivity contribution in [1.29, 1.82) is 0 Å². The van der Waals surface area contributed by atoms with Crippen molar-refractivity contribution in [3.8, 4) is 0 Å². The number of hydrogen-bond acceptors (Lipinski definition) is 6. The lowest BCUT2D eigenvalue weighted by atomic mass is 9.72. The van der Waals surface area contributed by atoms with E-state index in [1.165, 1.54) is 9.80 Å². The Bertz CT molecular complexity index is 1150. The molecule has 218 valence electrons. The van der Waals surface area contributed by atoms with Gasteiger partial charge in [-0.3, -0.25) is 9.80 Å². The maximum Gasteiger partial charge on any atom is 0.412 e. The van der Waals surface area contributed by atoms with Crippen molar-refractivity contribution in [2.75, 3.05) is 13.1 Å². The van der Waals surface area contributed by atoms with Gasteiger partial charge in [0.15, 0.2) is 22.7 Å². The van der Waals surface area contributed by atoms with Crippen molar-refractivity contribution in [3.63, 3.8) is 0 Å². The van der Waals surface area contributed by atoms with Crippen molar-refractivity contribution in [2.45, 2.75) is 102 Å². The van der Waals surface area contributed by atoms with Crippen LogP contribution in [0.15, 0.2) is 60.7 Å². The average Bonchev–Trinajstić information content (AvgIpc) is 3.12. The molecule has 2 aliphatic heterocycles. The lowest BCUT2D eigenvalue weighted by Crippen LogP contribution is -2.60. The molecule has 2 saturated heterocycles. The molecule has 2 aromatic carbocycles. The SMILES string of the molecule is CC(C)(C[C@@]1(C)OC(=O)N(CCN2C(=O)O[C@@](C)(CC(C)(C)c3ccccc3)[C@]2(C)O)[C@@]1(C)O)c1ccccc1. The fourth-order valence-corrected chi connectivity index (χ4v) is 6.51. The number of ether oxygens (including phenoxy) is 2. The summed E-state index contributed by atoms with van der Waals surface area (Å²) in [6, 6.07) is 19.8. The van der Waals surface area contributed by atoms with E-state index in [2.05, 4.69) is 27.7 Å². The molecule has 4 atom stereocenters. The van der Waals surface area contributed by atoms with E-state index in [9.17, 15) is 19.8 Å². The van der Waals surface area contributed by atoms with E-state index in [0.717, 1.165) is 11.1 Å². The zero-order chi connectivity index (χ0) is 29.8. The maximum absolute atomic E-state index is 13.1. The van der Waals surface area contributed by atoms with Crippen LogP contribution in [0.5, 0.6) is 0 Å². The van der Waals surface area contributed by atoms with Crippen LogP contribution in [0, 0.1) is 0 Å². The van der Waals surface area contributed by atoms with Gasteiger partial charge >= 0.3 is 12.2 Å². The summed E-state index contributed by atoms with van der Waals surface area (Å²) < 4.78 is 11.6. The molecule has 8 heteroatoms. The predicted octanol–water partition coefficient (Wildman–Crippen LogP) is 5.56. The van der Waals surface area contributed by atoms with Gasteiger partial charge in [-0.05, 0) is 49.7 Å². The molecule has 2 aliphatic rings. The van der Waals surface area contributed by atoms with Gasteiger partial charge in [0.05, 0.1) is 0 Å². The highest BCUT2D eigenvalue weighted by molar-refractivity contribution is 5.74. The molecule has 0 aliphatic carbocycles. The van der Waals surface area contributed by atoms with Crippen LogP contribution < -0.4 is 0 Å². The molecule has 0 saturated carbocycles. The summed E-state index contributed by atoms with van der Waals surface area (Å²) in [5.41, 5.74) is -4.42. The van der Waals surface area contributed by atoms with Gasteiger partial charge in [-0.1, -0.05) is 88.4 Å². The minimum absolute atomic E-state index is 0.0450. The van der Waals surface area contributed by atoms with Crippen molar-refractivity contribution >= 4 is 12.2 Å². The topological polar surface area (TPSA) is 99.5 Å². The number of rotatable bonds is 9. The van der Waals surface area contributed by atoms with Crippen LogP contribution in [0.4, 0.5) is 9.59 Å². The van der Waals surface area contributed by atoms with Gasteiger partial charge in [-0.2, -0.15) is 0 Å². The number of carbonyl (C=O) groups excluding carboxylic acids is 2. The molecule has 2 aromatic rings. The van der Waals surface area contributed by atoms with E-state index < -0.39 is 45.7 Å². The Kier molecular flexibility index (Phi) is 7.30. The van der Waals surface area contributed by atoms with Crippen LogP contribution in [0.2, 0.25) is 0 Å². The Balaban J connectivity index is 1.50. The van der Waals surface area contributed by atoms with Crippen molar-refractivity contribution in [1.82, 2.24) is 9.80 Å². The van der Waals surface area contributed by atoms with Gasteiger partial charge in [-0.15, -0.1) is 0 Å². The molecule has 0 unspecified atom stereocenters. The molecular formula is C32H44N2O6. The Hall–Kier alpha value is -3.10. The second-order valence-corrected chi connectivity index (χ2v) is 13.4. The number of aliphatic hydroxyl groups is 2. The van der Waals surface area contributed by atoms with Crippen LogP contribution >= 0.6 is 0 Å². The summed E-state index contributed by atoms with van der Waals surface area (Å²) in [6.07, 6.45) is -0.599. The lowest BCUT2D eigenvalue weighted by Gasteiger charge is -2.43. The highest BCUT2D eigenvalue weighted by Gasteiger charge is 2.63. The van der Waals surface area contributed by atoms with Gasteiger partial charge in [0.2, 0.25) is 0 Å². The highest BCUT2D eigenvalue weighted by atomic mass is 16.6. The fourth-order valence-electron chi connectivity index (χ4n) is 6.51. The third-order valence-electron chi connectivity index (χ3n) is 9.34. The standard InChI is InChI=1S/C32H44N2O6/c1-27(2,23-15-11-9-12-16-23)21-29(5)31(7,37)33(25(35)39-29)19-20-34-26(36)40-30(6,32(34,8)38)22-28(3,4)24-17-13-10-14-18-24/h9-18,37-38H,19-22H2,1-8H3/t29-,30+,31-,32-/m0/s1. The fraction of sp³-hybridized carbons (Fsp3) is 0.562. The molecule has 2 heterocycles. The summed E-state index contributed by atoms with van der Waals surface area (Å²) in [7, 11) is 0. The normalized spacial score (nSPS) is 30.9. The molecule has 4 rings (SSSR count). The van der Waals surface area contributed by atoms with Crippen LogP contribution in [0.25, 0.3) is 0 Å². The Morgan fingerprint density at radius 2 is 0.925 bits per heavy atom. The van der Waals surface area contributed by atoms with E-state index >= 15 is 0 Å². The first kappa shape index (κ1) is 29.9. The number of hydrogen-bond donors (Lipinski definition) is 2. The van der Waals surface area contributed by atoms with Gasteiger partial charge in [0, 0.05) is 25.9 Å². The predicted molar refractivity (Wildman–Crippen MR) is 153 cm³/mol. The van der Waals surface area contributed by atoms with Gasteiger partial charge < -0.3 is 19.7 Å².